The predicted molar refractivity (Wildman–Crippen MR) is 121 cm³/mol. The molecule has 3 rings (SSSR count). The van der Waals surface area contributed by atoms with Gasteiger partial charge in [-0.1, -0.05) is 0 Å². The average Bonchev–Trinajstić information content (AvgIpc) is 2.94. The van der Waals surface area contributed by atoms with E-state index >= 15 is 0 Å². The third kappa shape index (κ3) is 5.75. The molecule has 0 aromatic heterocycles. The Balaban J connectivity index is 1.74. The van der Waals surface area contributed by atoms with Gasteiger partial charge in [-0.15, -0.1) is 0 Å². The minimum atomic E-state index is -0.541. The first-order chi connectivity index (χ1) is 14.6. The number of carbonyl (C=O) groups is 1. The molecule has 1 unspecified atom stereocenters. The summed E-state index contributed by atoms with van der Waals surface area (Å²) in [6.07, 6.45) is 1.93. The van der Waals surface area contributed by atoms with Gasteiger partial charge in [-0.05, 0) is 52.7 Å². The molecule has 0 radical (unpaired) electrons. The monoisotopic (exact) mass is 436 g/mol. The number of nitrogens with zero attached hydrogens (tertiary/aromatic N) is 4. The van der Waals surface area contributed by atoms with Crippen molar-refractivity contribution in [3.8, 4) is 0 Å². The third-order valence-electron chi connectivity index (χ3n) is 6.97. The second-order valence-electron chi connectivity index (χ2n) is 9.89. The quantitative estimate of drug-likeness (QED) is 0.706. The summed E-state index contributed by atoms with van der Waals surface area (Å²) in [6.45, 7) is 16.4. The highest BCUT2D eigenvalue weighted by molar-refractivity contribution is 5.73. The summed E-state index contributed by atoms with van der Waals surface area (Å²) >= 11 is 0. The molecule has 2 saturated heterocycles. The summed E-state index contributed by atoms with van der Waals surface area (Å²) in [4.78, 5) is 20.8. The van der Waals surface area contributed by atoms with Gasteiger partial charge in [0.15, 0.2) is 0 Å². The molecule has 2 aliphatic heterocycles. The Bertz CT molecular complexity index is 770. The Morgan fingerprint density at radius 1 is 1.10 bits per heavy atom. The van der Waals surface area contributed by atoms with Crippen LogP contribution in [0.3, 0.4) is 0 Å². The summed E-state index contributed by atoms with van der Waals surface area (Å²) in [7, 11) is 0. The van der Waals surface area contributed by atoms with Crippen LogP contribution in [0.15, 0.2) is 18.2 Å². The molecule has 0 bridgehead atoms. The topological polar surface area (TPSA) is 30.0 Å². The van der Waals surface area contributed by atoms with Crippen molar-refractivity contribution in [2.45, 2.75) is 65.1 Å². The molecule has 5 nitrogen and oxygen atoms in total. The van der Waals surface area contributed by atoms with Gasteiger partial charge in [-0.2, -0.15) is 0 Å². The maximum atomic E-state index is 14.5. The zero-order valence-corrected chi connectivity index (χ0v) is 19.7. The van der Waals surface area contributed by atoms with E-state index in [0.717, 1.165) is 64.7 Å². The molecule has 0 N–H and O–H groups in total. The van der Waals surface area contributed by atoms with E-state index in [1.54, 1.807) is 13.0 Å². The van der Waals surface area contributed by atoms with Crippen molar-refractivity contribution in [3.63, 3.8) is 0 Å². The molecule has 1 amide bonds. The van der Waals surface area contributed by atoms with Crippen LogP contribution in [0.1, 0.15) is 47.5 Å². The Labute approximate surface area is 186 Å². The molecule has 174 valence electrons. The van der Waals surface area contributed by atoms with Crippen molar-refractivity contribution in [1.29, 1.82) is 0 Å². The molecule has 0 spiro atoms. The predicted octanol–water partition coefficient (Wildman–Crippen LogP) is 3.59. The van der Waals surface area contributed by atoms with Crippen molar-refractivity contribution in [2.24, 2.45) is 0 Å². The summed E-state index contributed by atoms with van der Waals surface area (Å²) in [5.41, 5.74) is 0.439. The van der Waals surface area contributed by atoms with E-state index < -0.39 is 11.6 Å². The van der Waals surface area contributed by atoms with Gasteiger partial charge in [-0.3, -0.25) is 14.6 Å². The highest BCUT2D eigenvalue weighted by Gasteiger charge is 2.37. The molecular formula is C24H38F2N4O. The van der Waals surface area contributed by atoms with Crippen LogP contribution in [0.25, 0.3) is 0 Å². The van der Waals surface area contributed by atoms with Gasteiger partial charge in [0.25, 0.3) is 0 Å². The lowest BCUT2D eigenvalue weighted by Gasteiger charge is -2.49. The lowest BCUT2D eigenvalue weighted by molar-refractivity contribution is -0.128. The molecule has 1 aromatic rings. The number of rotatable bonds is 5. The number of amides is 1. The van der Waals surface area contributed by atoms with E-state index in [9.17, 15) is 13.6 Å². The highest BCUT2D eigenvalue weighted by Crippen LogP contribution is 2.30. The Morgan fingerprint density at radius 3 is 2.48 bits per heavy atom. The number of piperazine rings is 1. The van der Waals surface area contributed by atoms with E-state index in [1.165, 1.54) is 6.07 Å². The van der Waals surface area contributed by atoms with E-state index in [-0.39, 0.29) is 17.5 Å². The van der Waals surface area contributed by atoms with Crippen LogP contribution in [0.2, 0.25) is 0 Å². The van der Waals surface area contributed by atoms with Gasteiger partial charge in [-0.25, -0.2) is 8.78 Å². The lowest BCUT2D eigenvalue weighted by atomic mass is 9.90. The van der Waals surface area contributed by atoms with Gasteiger partial charge in [0.2, 0.25) is 5.91 Å². The molecule has 0 aliphatic carbocycles. The average molecular weight is 437 g/mol. The number of halogens is 2. The third-order valence-corrected chi connectivity index (χ3v) is 6.97. The molecule has 1 aromatic carbocycles. The minimum Gasteiger partial charge on any atom is -0.366 e. The maximum absolute atomic E-state index is 14.5. The molecule has 1 atom stereocenters. The van der Waals surface area contributed by atoms with Gasteiger partial charge in [0, 0.05) is 76.4 Å². The van der Waals surface area contributed by atoms with Crippen molar-refractivity contribution < 1.29 is 13.6 Å². The van der Waals surface area contributed by atoms with Gasteiger partial charge >= 0.3 is 0 Å². The first kappa shape index (κ1) is 23.9. The van der Waals surface area contributed by atoms with Crippen LogP contribution < -0.4 is 4.90 Å². The number of hydrogen-bond donors (Lipinski definition) is 0. The van der Waals surface area contributed by atoms with Gasteiger partial charge in [0.1, 0.15) is 11.6 Å². The van der Waals surface area contributed by atoms with Crippen LogP contribution in [0, 0.1) is 11.6 Å². The smallest absolute Gasteiger partial charge is 0.219 e. The maximum Gasteiger partial charge on any atom is 0.219 e. The second kappa shape index (κ2) is 9.82. The zero-order chi connectivity index (χ0) is 22.8. The largest absolute Gasteiger partial charge is 0.366 e. The minimum absolute atomic E-state index is 0.0467. The highest BCUT2D eigenvalue weighted by atomic mass is 19.1. The molecule has 2 heterocycles. The Kier molecular flexibility index (Phi) is 7.58. The molecular weight excluding hydrogens is 398 g/mol. The first-order valence-corrected chi connectivity index (χ1v) is 11.5. The summed E-state index contributed by atoms with van der Waals surface area (Å²) < 4.78 is 27.9. The molecule has 7 heteroatoms. The van der Waals surface area contributed by atoms with Crippen molar-refractivity contribution in [1.82, 2.24) is 14.7 Å². The molecule has 2 fully saturated rings. The number of carbonyl (C=O) groups excluding carboxylic acids is 1. The van der Waals surface area contributed by atoms with Gasteiger partial charge in [0.05, 0.1) is 5.69 Å². The van der Waals surface area contributed by atoms with Crippen molar-refractivity contribution >= 4 is 11.6 Å². The van der Waals surface area contributed by atoms with Crippen LogP contribution in [-0.4, -0.2) is 84.0 Å². The van der Waals surface area contributed by atoms with Gasteiger partial charge < -0.3 is 9.80 Å². The standard InChI is InChI=1S/C24H38F2N4O/c1-18(2)30-14-12-28(23-8-7-20(25)15-22(23)26)17-21(30)16-24(4,5)29-10-6-9-27(11-13-29)19(3)31/h7-8,15,18,21H,6,9-14,16-17H2,1-5H3. The normalized spacial score (nSPS) is 22.1. The molecule has 31 heavy (non-hydrogen) atoms. The fourth-order valence-electron chi connectivity index (χ4n) is 5.23. The van der Waals surface area contributed by atoms with E-state index in [2.05, 4.69) is 42.4 Å². The fraction of sp³-hybridized carbons (Fsp3) is 0.708. The summed E-state index contributed by atoms with van der Waals surface area (Å²) in [5, 5.41) is 0. The number of anilines is 1. The Hall–Kier alpha value is -1.73. The van der Waals surface area contributed by atoms with E-state index in [4.69, 9.17) is 0 Å². The van der Waals surface area contributed by atoms with Crippen LogP contribution in [0.4, 0.5) is 14.5 Å². The fourth-order valence-corrected chi connectivity index (χ4v) is 5.23. The molecule has 2 aliphatic rings. The summed E-state index contributed by atoms with van der Waals surface area (Å²) in [6, 6.07) is 4.53. The first-order valence-electron chi connectivity index (χ1n) is 11.5. The zero-order valence-electron chi connectivity index (χ0n) is 19.7. The van der Waals surface area contributed by atoms with Crippen LogP contribution in [-0.2, 0) is 4.79 Å². The number of hydrogen-bond acceptors (Lipinski definition) is 4. The van der Waals surface area contributed by atoms with Crippen LogP contribution in [0.5, 0.6) is 0 Å². The lowest BCUT2D eigenvalue weighted by Crippen LogP contribution is -2.59. The number of benzene rings is 1. The van der Waals surface area contributed by atoms with E-state index in [0.29, 0.717) is 11.7 Å². The SMILES string of the molecule is CC(=O)N1CCCN(C(C)(C)CC2CN(c3ccc(F)cc3F)CCN2C(C)C)CC1. The Morgan fingerprint density at radius 2 is 1.84 bits per heavy atom. The van der Waals surface area contributed by atoms with Crippen molar-refractivity contribution in [2.75, 3.05) is 50.7 Å². The van der Waals surface area contributed by atoms with E-state index in [1.807, 2.05) is 4.90 Å². The van der Waals surface area contributed by atoms with Crippen LogP contribution >= 0.6 is 0 Å². The molecule has 0 saturated carbocycles. The van der Waals surface area contributed by atoms with Crippen molar-refractivity contribution in [3.05, 3.63) is 29.8 Å². The second-order valence-corrected chi connectivity index (χ2v) is 9.89. The summed E-state index contributed by atoms with van der Waals surface area (Å²) in [5.74, 6) is -0.886.